The molecule has 0 atom stereocenters. The summed E-state index contributed by atoms with van der Waals surface area (Å²) in [6.07, 6.45) is 0. The van der Waals surface area contributed by atoms with Gasteiger partial charge in [-0.3, -0.25) is 4.66 Å². The number of rotatable bonds is 1. The predicted octanol–water partition coefficient (Wildman–Crippen LogP) is -2.10. The van der Waals surface area contributed by atoms with Crippen molar-refractivity contribution in [3.8, 4) is 0 Å². The van der Waals surface area contributed by atoms with Crippen molar-refractivity contribution in [3.63, 3.8) is 0 Å². The van der Waals surface area contributed by atoms with E-state index in [1.54, 1.807) is 0 Å². The molecule has 0 saturated heterocycles. The van der Waals surface area contributed by atoms with Gasteiger partial charge >= 0.3 is 35.5 Å². The SMILES string of the molecule is C=C(C)C(=O)O.OCl.[H-].[Na+]. The summed E-state index contributed by atoms with van der Waals surface area (Å²) in [6, 6.07) is 0. The predicted molar refractivity (Wildman–Crippen MR) is 31.6 cm³/mol. The molecule has 2 N–H and O–H groups in total. The van der Waals surface area contributed by atoms with E-state index in [0.29, 0.717) is 0 Å². The largest absolute Gasteiger partial charge is 1.00 e. The minimum atomic E-state index is -0.935. The van der Waals surface area contributed by atoms with Crippen molar-refractivity contribution in [1.29, 1.82) is 0 Å². The quantitative estimate of drug-likeness (QED) is 0.343. The van der Waals surface area contributed by atoms with Crippen molar-refractivity contribution in [2.75, 3.05) is 0 Å². The molecule has 0 spiro atoms. The van der Waals surface area contributed by atoms with Crippen molar-refractivity contribution < 1.29 is 45.5 Å². The molecule has 0 unspecified atom stereocenters. The van der Waals surface area contributed by atoms with Crippen LogP contribution in [0.3, 0.4) is 0 Å². The van der Waals surface area contributed by atoms with E-state index >= 15 is 0 Å². The van der Waals surface area contributed by atoms with Crippen LogP contribution in [0.2, 0.25) is 0 Å². The van der Waals surface area contributed by atoms with Gasteiger partial charge in [0, 0.05) is 5.57 Å². The van der Waals surface area contributed by atoms with Crippen LogP contribution in [0.15, 0.2) is 12.2 Å². The summed E-state index contributed by atoms with van der Waals surface area (Å²) in [5, 5.41) is 7.89. The van der Waals surface area contributed by atoms with E-state index in [1.165, 1.54) is 6.92 Å². The Bertz CT molecular complexity index is 86.5. The third-order valence-corrected chi connectivity index (χ3v) is 0.365. The molecule has 0 rings (SSSR count). The Morgan fingerprint density at radius 3 is 1.78 bits per heavy atom. The van der Waals surface area contributed by atoms with Crippen LogP contribution in [0, 0.1) is 0 Å². The molecule has 5 heteroatoms. The molecule has 0 fully saturated rings. The summed E-state index contributed by atoms with van der Waals surface area (Å²) in [7, 11) is 0. The van der Waals surface area contributed by atoms with Crippen LogP contribution in [-0.2, 0) is 4.79 Å². The van der Waals surface area contributed by atoms with Crippen LogP contribution < -0.4 is 29.6 Å². The van der Waals surface area contributed by atoms with E-state index in [4.69, 9.17) is 9.77 Å². The summed E-state index contributed by atoms with van der Waals surface area (Å²) in [5.41, 5.74) is 0.176. The summed E-state index contributed by atoms with van der Waals surface area (Å²) in [4.78, 5) is 9.60. The Balaban J connectivity index is -0.0000000412. The number of carboxylic acid groups (broad SMARTS) is 1. The van der Waals surface area contributed by atoms with E-state index in [2.05, 4.69) is 18.4 Å². The monoisotopic (exact) mass is 162 g/mol. The molecule has 0 heterocycles. The average Bonchev–Trinajstić information content (AvgIpc) is 1.72. The number of hydrogen-bond acceptors (Lipinski definition) is 2. The first kappa shape index (κ1) is 16.2. The molecule has 0 aromatic heterocycles. The third kappa shape index (κ3) is 17.7. The summed E-state index contributed by atoms with van der Waals surface area (Å²) in [6.45, 7) is 4.60. The van der Waals surface area contributed by atoms with Crippen molar-refractivity contribution in [2.45, 2.75) is 6.92 Å². The number of halogens is 1. The first-order valence-electron chi connectivity index (χ1n) is 1.70. The zero-order chi connectivity index (χ0) is 7.15. The zero-order valence-corrected chi connectivity index (χ0v) is 8.14. The van der Waals surface area contributed by atoms with Crippen LogP contribution in [0.25, 0.3) is 0 Å². The van der Waals surface area contributed by atoms with Crippen LogP contribution in [0.1, 0.15) is 8.35 Å². The summed E-state index contributed by atoms with van der Waals surface area (Å²) >= 11 is 3.64. The Kier molecular flexibility index (Phi) is 20.3. The smallest absolute Gasteiger partial charge is 1.00 e. The molecule has 0 aliphatic rings. The number of carbonyl (C=O) groups is 1. The van der Waals surface area contributed by atoms with Gasteiger partial charge in [0.1, 0.15) is 0 Å². The Labute approximate surface area is 82.3 Å². The maximum atomic E-state index is 9.60. The van der Waals surface area contributed by atoms with Gasteiger partial charge in [0.2, 0.25) is 0 Å². The molecule has 0 radical (unpaired) electrons. The third-order valence-electron chi connectivity index (χ3n) is 0.365. The van der Waals surface area contributed by atoms with Crippen molar-refractivity contribution in [2.24, 2.45) is 0 Å². The molecule has 9 heavy (non-hydrogen) atoms. The molecule has 0 saturated carbocycles. The standard InChI is InChI=1S/C4H6O2.ClHO.Na.H/c1-3(2)4(5)6;1-2;;/h1H2,2H3,(H,5,6);2H;;/q;;+1;-1. The van der Waals surface area contributed by atoms with Crippen molar-refractivity contribution in [1.82, 2.24) is 0 Å². The first-order chi connectivity index (χ1) is 3.64. The molecule has 0 aromatic rings. The van der Waals surface area contributed by atoms with E-state index in [1.807, 2.05) is 0 Å². The fraction of sp³-hybridized carbons (Fsp3) is 0.250. The Morgan fingerprint density at radius 1 is 1.67 bits per heavy atom. The van der Waals surface area contributed by atoms with Gasteiger partial charge in [-0.05, 0) is 6.92 Å². The van der Waals surface area contributed by atoms with Crippen LogP contribution in [0.4, 0.5) is 0 Å². The second kappa shape index (κ2) is 11.3. The van der Waals surface area contributed by atoms with E-state index in [9.17, 15) is 4.79 Å². The number of aliphatic carboxylic acids is 1. The zero-order valence-electron chi connectivity index (χ0n) is 6.39. The molecule has 0 bridgehead atoms. The molecule has 0 aliphatic heterocycles. The van der Waals surface area contributed by atoms with Crippen LogP contribution >= 0.6 is 11.9 Å². The van der Waals surface area contributed by atoms with Gasteiger partial charge in [-0.2, -0.15) is 0 Å². The van der Waals surface area contributed by atoms with Gasteiger partial charge in [-0.15, -0.1) is 0 Å². The van der Waals surface area contributed by atoms with Gasteiger partial charge in [0.25, 0.3) is 0 Å². The van der Waals surface area contributed by atoms with E-state index in [-0.39, 0.29) is 36.6 Å². The molecule has 0 aliphatic carbocycles. The average molecular weight is 163 g/mol. The molecular formula is C4H8ClNaO3. The van der Waals surface area contributed by atoms with Crippen LogP contribution in [0.5, 0.6) is 0 Å². The van der Waals surface area contributed by atoms with Gasteiger partial charge in [0.15, 0.2) is 0 Å². The maximum absolute atomic E-state index is 9.60. The molecule has 0 aromatic carbocycles. The van der Waals surface area contributed by atoms with Crippen LogP contribution in [-0.4, -0.2) is 15.7 Å². The summed E-state index contributed by atoms with van der Waals surface area (Å²) in [5.74, 6) is -0.935. The maximum Gasteiger partial charge on any atom is 1.00 e. The second-order valence-corrected chi connectivity index (χ2v) is 1.09. The molecule has 50 valence electrons. The first-order valence-corrected chi connectivity index (χ1v) is 2.04. The topological polar surface area (TPSA) is 57.5 Å². The van der Waals surface area contributed by atoms with E-state index < -0.39 is 5.97 Å². The normalized spacial score (nSPS) is 5.67. The van der Waals surface area contributed by atoms with Crippen molar-refractivity contribution in [3.05, 3.63) is 12.2 Å². The molecule has 0 amide bonds. The number of hydrogen-bond donors (Lipinski definition) is 2. The van der Waals surface area contributed by atoms with Crippen molar-refractivity contribution >= 4 is 17.8 Å². The minimum absolute atomic E-state index is 0. The minimum Gasteiger partial charge on any atom is -1.00 e. The fourth-order valence-electron chi connectivity index (χ4n) is 0. The van der Waals surface area contributed by atoms with E-state index in [0.717, 1.165) is 0 Å². The second-order valence-electron chi connectivity index (χ2n) is 1.09. The summed E-state index contributed by atoms with van der Waals surface area (Å²) < 4.78 is 6.47. The molecular weight excluding hydrogens is 154 g/mol. The Morgan fingerprint density at radius 2 is 1.78 bits per heavy atom. The van der Waals surface area contributed by atoms with Gasteiger partial charge in [0.05, 0.1) is 11.9 Å². The Hall–Kier alpha value is 0.460. The fourth-order valence-corrected chi connectivity index (χ4v) is 0. The van der Waals surface area contributed by atoms with Gasteiger partial charge in [-0.1, -0.05) is 6.58 Å². The number of carboxylic acids is 1. The van der Waals surface area contributed by atoms with Gasteiger partial charge in [-0.25, -0.2) is 4.79 Å². The molecule has 3 nitrogen and oxygen atoms in total. The van der Waals surface area contributed by atoms with Gasteiger partial charge < -0.3 is 6.53 Å².